The zero-order valence-electron chi connectivity index (χ0n) is 18.0. The number of hydrogen-bond donors (Lipinski definition) is 2. The fourth-order valence-corrected chi connectivity index (χ4v) is 3.46. The summed E-state index contributed by atoms with van der Waals surface area (Å²) >= 11 is 0. The SMILES string of the molecule is Cc1cccc(CN(C)CC(=O)N(C)c2c(N)n(Cc3ccccc3)c(=O)[nH]c2=O)c1. The number of carbonyl (C=O) groups excluding carboxylic acids is 1. The number of H-pyrrole nitrogens is 1. The van der Waals surface area contributed by atoms with Crippen LogP contribution in [-0.4, -0.2) is 41.0 Å². The van der Waals surface area contributed by atoms with Crippen molar-refractivity contribution in [1.29, 1.82) is 0 Å². The summed E-state index contributed by atoms with van der Waals surface area (Å²) in [5, 5.41) is 0. The Kier molecular flexibility index (Phi) is 6.71. The van der Waals surface area contributed by atoms with Crippen molar-refractivity contribution in [3.63, 3.8) is 0 Å². The number of nitrogens with one attached hydrogen (secondary N) is 1. The number of nitrogens with two attached hydrogens (primary N) is 1. The van der Waals surface area contributed by atoms with Crippen molar-refractivity contribution in [2.45, 2.75) is 20.0 Å². The molecule has 1 amide bonds. The van der Waals surface area contributed by atoms with Crippen LogP contribution in [0.3, 0.4) is 0 Å². The molecule has 2 aromatic carbocycles. The summed E-state index contributed by atoms with van der Waals surface area (Å²) < 4.78 is 1.26. The minimum absolute atomic E-state index is 0.0375. The van der Waals surface area contributed by atoms with Crippen LogP contribution in [0.15, 0.2) is 64.2 Å². The Morgan fingerprint density at radius 3 is 2.39 bits per heavy atom. The van der Waals surface area contributed by atoms with Crippen molar-refractivity contribution in [2.75, 3.05) is 31.3 Å². The molecule has 0 aliphatic rings. The highest BCUT2D eigenvalue weighted by atomic mass is 16.2. The minimum atomic E-state index is -0.691. The van der Waals surface area contributed by atoms with Crippen molar-refractivity contribution in [1.82, 2.24) is 14.5 Å². The van der Waals surface area contributed by atoms with E-state index in [4.69, 9.17) is 5.73 Å². The number of anilines is 2. The van der Waals surface area contributed by atoms with Gasteiger partial charge in [0.1, 0.15) is 5.82 Å². The van der Waals surface area contributed by atoms with Gasteiger partial charge in [0, 0.05) is 13.6 Å². The second-order valence-electron chi connectivity index (χ2n) is 7.68. The van der Waals surface area contributed by atoms with Crippen molar-refractivity contribution in [3.8, 4) is 0 Å². The highest BCUT2D eigenvalue weighted by molar-refractivity contribution is 5.96. The summed E-state index contributed by atoms with van der Waals surface area (Å²) in [4.78, 5) is 43.0. The number of nitrogens with zero attached hydrogens (tertiary/aromatic N) is 3. The third kappa shape index (κ3) is 5.29. The molecule has 0 atom stereocenters. The number of carbonyl (C=O) groups is 1. The molecule has 0 radical (unpaired) electrons. The molecule has 3 N–H and O–H groups in total. The van der Waals surface area contributed by atoms with E-state index in [2.05, 4.69) is 11.1 Å². The maximum atomic E-state index is 12.9. The Bertz CT molecular complexity index is 1180. The van der Waals surface area contributed by atoms with Crippen LogP contribution in [-0.2, 0) is 17.9 Å². The first-order chi connectivity index (χ1) is 14.8. The van der Waals surface area contributed by atoms with E-state index in [1.165, 1.54) is 16.5 Å². The molecule has 3 aromatic rings. The Labute approximate surface area is 180 Å². The lowest BCUT2D eigenvalue weighted by atomic mass is 10.1. The smallest absolute Gasteiger partial charge is 0.330 e. The van der Waals surface area contributed by atoms with E-state index >= 15 is 0 Å². The molecule has 3 rings (SSSR count). The zero-order valence-corrected chi connectivity index (χ0v) is 18.0. The number of likely N-dealkylation sites (N-methyl/N-ethyl adjacent to an activating group) is 2. The van der Waals surface area contributed by atoms with Crippen LogP contribution in [0.25, 0.3) is 0 Å². The van der Waals surface area contributed by atoms with Gasteiger partial charge in [0.15, 0.2) is 5.69 Å². The Balaban J connectivity index is 1.80. The van der Waals surface area contributed by atoms with Crippen molar-refractivity contribution < 1.29 is 4.79 Å². The summed E-state index contributed by atoms with van der Waals surface area (Å²) in [6.45, 7) is 2.87. The molecular formula is C23H27N5O3. The molecular weight excluding hydrogens is 394 g/mol. The van der Waals surface area contributed by atoms with Crippen LogP contribution in [0, 0.1) is 6.92 Å². The molecule has 0 saturated heterocycles. The van der Waals surface area contributed by atoms with Crippen molar-refractivity contribution in [3.05, 3.63) is 92.1 Å². The second-order valence-corrected chi connectivity index (χ2v) is 7.68. The Morgan fingerprint density at radius 1 is 1.03 bits per heavy atom. The van der Waals surface area contributed by atoms with E-state index in [9.17, 15) is 14.4 Å². The average molecular weight is 422 g/mol. The average Bonchev–Trinajstić information content (AvgIpc) is 2.71. The third-order valence-electron chi connectivity index (χ3n) is 5.05. The standard InChI is InChI=1S/C23H27N5O3/c1-16-8-7-11-18(12-16)13-26(2)15-19(29)27(3)20-21(24)28(23(31)25-22(20)30)14-17-9-5-4-6-10-17/h4-12H,13-15,24H2,1-3H3,(H,25,30,31). The van der Waals surface area contributed by atoms with Crippen molar-refractivity contribution >= 4 is 17.4 Å². The van der Waals surface area contributed by atoms with Gasteiger partial charge < -0.3 is 10.6 Å². The number of aromatic amines is 1. The van der Waals surface area contributed by atoms with Crippen LogP contribution in [0.1, 0.15) is 16.7 Å². The van der Waals surface area contributed by atoms with Gasteiger partial charge in [0.2, 0.25) is 5.91 Å². The topological polar surface area (TPSA) is 104 Å². The number of rotatable bonds is 7. The molecule has 0 spiro atoms. The van der Waals surface area contributed by atoms with Crippen LogP contribution in [0.4, 0.5) is 11.5 Å². The van der Waals surface area contributed by atoms with E-state index in [1.54, 1.807) is 0 Å². The normalized spacial score (nSPS) is 11.0. The van der Waals surface area contributed by atoms with Gasteiger partial charge in [0.25, 0.3) is 5.56 Å². The maximum absolute atomic E-state index is 12.9. The number of amides is 1. The van der Waals surface area contributed by atoms with E-state index in [-0.39, 0.29) is 30.5 Å². The first-order valence-electron chi connectivity index (χ1n) is 9.93. The predicted octanol–water partition coefficient (Wildman–Crippen LogP) is 1.57. The largest absolute Gasteiger partial charge is 0.383 e. The third-order valence-corrected chi connectivity index (χ3v) is 5.05. The summed E-state index contributed by atoms with van der Waals surface area (Å²) in [6.07, 6.45) is 0. The van der Waals surface area contributed by atoms with Crippen LogP contribution in [0.2, 0.25) is 0 Å². The highest BCUT2D eigenvalue weighted by Crippen LogP contribution is 2.17. The molecule has 0 aliphatic carbocycles. The number of benzene rings is 2. The Hall–Kier alpha value is -3.65. The molecule has 162 valence electrons. The molecule has 0 bridgehead atoms. The van der Waals surface area contributed by atoms with E-state index < -0.39 is 11.2 Å². The van der Waals surface area contributed by atoms with Crippen LogP contribution >= 0.6 is 0 Å². The molecule has 0 saturated carbocycles. The van der Waals surface area contributed by atoms with Gasteiger partial charge in [-0.05, 0) is 25.1 Å². The van der Waals surface area contributed by atoms with Gasteiger partial charge >= 0.3 is 5.69 Å². The highest BCUT2D eigenvalue weighted by Gasteiger charge is 2.22. The van der Waals surface area contributed by atoms with E-state index in [1.807, 2.05) is 67.4 Å². The lowest BCUT2D eigenvalue weighted by Crippen LogP contribution is -2.42. The first-order valence-corrected chi connectivity index (χ1v) is 9.93. The lowest BCUT2D eigenvalue weighted by Gasteiger charge is -2.23. The van der Waals surface area contributed by atoms with Crippen LogP contribution in [0.5, 0.6) is 0 Å². The zero-order chi connectivity index (χ0) is 22.5. The summed E-state index contributed by atoms with van der Waals surface area (Å²) in [7, 11) is 3.32. The van der Waals surface area contributed by atoms with Gasteiger partial charge in [-0.25, -0.2) is 4.79 Å². The molecule has 0 aliphatic heterocycles. The molecule has 0 unspecified atom stereocenters. The molecule has 1 heterocycles. The Morgan fingerprint density at radius 2 is 1.71 bits per heavy atom. The molecule has 0 fully saturated rings. The van der Waals surface area contributed by atoms with Crippen molar-refractivity contribution in [2.24, 2.45) is 0 Å². The van der Waals surface area contributed by atoms with Gasteiger partial charge in [-0.1, -0.05) is 60.2 Å². The molecule has 1 aromatic heterocycles. The summed E-state index contributed by atoms with van der Waals surface area (Å²) in [6, 6.07) is 17.3. The first kappa shape index (κ1) is 22.0. The fourth-order valence-electron chi connectivity index (χ4n) is 3.46. The van der Waals surface area contributed by atoms with Gasteiger partial charge in [0.05, 0.1) is 13.1 Å². The number of aromatic nitrogens is 2. The minimum Gasteiger partial charge on any atom is -0.383 e. The molecule has 31 heavy (non-hydrogen) atoms. The fraction of sp³-hybridized carbons (Fsp3) is 0.261. The van der Waals surface area contributed by atoms with Gasteiger partial charge in [-0.3, -0.25) is 24.0 Å². The number of aryl methyl sites for hydroxylation is 1. The summed E-state index contributed by atoms with van der Waals surface area (Å²) in [5.74, 6) is -0.355. The number of hydrogen-bond acceptors (Lipinski definition) is 5. The maximum Gasteiger partial charge on any atom is 0.330 e. The monoisotopic (exact) mass is 421 g/mol. The molecule has 8 heteroatoms. The quantitative estimate of drug-likeness (QED) is 0.603. The predicted molar refractivity (Wildman–Crippen MR) is 122 cm³/mol. The molecule has 8 nitrogen and oxygen atoms in total. The summed E-state index contributed by atoms with van der Waals surface area (Å²) in [5.41, 5.74) is 7.92. The van der Waals surface area contributed by atoms with E-state index in [0.717, 1.165) is 16.7 Å². The van der Waals surface area contributed by atoms with Crippen LogP contribution < -0.4 is 21.9 Å². The number of nitrogen functional groups attached to an aromatic ring is 1. The van der Waals surface area contributed by atoms with E-state index in [0.29, 0.717) is 6.54 Å². The van der Waals surface area contributed by atoms with Gasteiger partial charge in [-0.2, -0.15) is 0 Å². The lowest BCUT2D eigenvalue weighted by molar-refractivity contribution is -0.119. The second kappa shape index (κ2) is 9.44. The van der Waals surface area contributed by atoms with Gasteiger partial charge in [-0.15, -0.1) is 0 Å².